The molecule has 37 heavy (non-hydrogen) atoms. The first-order chi connectivity index (χ1) is 18.2. The van der Waals surface area contributed by atoms with E-state index in [9.17, 15) is 4.79 Å². The van der Waals surface area contributed by atoms with Crippen molar-refractivity contribution in [1.29, 1.82) is 0 Å². The second-order valence-corrected chi connectivity index (χ2v) is 10.3. The van der Waals surface area contributed by atoms with Gasteiger partial charge < -0.3 is 5.32 Å². The van der Waals surface area contributed by atoms with Crippen molar-refractivity contribution < 1.29 is 4.79 Å². The fourth-order valence-corrected chi connectivity index (χ4v) is 5.70. The van der Waals surface area contributed by atoms with Gasteiger partial charge in [-0.25, -0.2) is 0 Å². The Morgan fingerprint density at radius 1 is 0.784 bits per heavy atom. The Hall–Kier alpha value is -3.40. The summed E-state index contributed by atoms with van der Waals surface area (Å²) in [5, 5.41) is 4.01. The molecule has 0 radical (unpaired) electrons. The fourth-order valence-electron chi connectivity index (χ4n) is 5.50. The number of likely N-dealkylation sites (tertiary alicyclic amines) is 1. The van der Waals surface area contributed by atoms with Crippen LogP contribution < -0.4 is 5.32 Å². The van der Waals surface area contributed by atoms with Gasteiger partial charge >= 0.3 is 0 Å². The smallest absolute Gasteiger partial charge is 0.220 e. The third kappa shape index (κ3) is 6.49. The number of hydrogen-bond acceptors (Lipinski definition) is 2. The van der Waals surface area contributed by atoms with Gasteiger partial charge in [-0.05, 0) is 53.3 Å². The summed E-state index contributed by atoms with van der Waals surface area (Å²) < 4.78 is 0. The molecule has 5 rings (SSSR count). The number of benzene rings is 4. The predicted molar refractivity (Wildman–Crippen MR) is 152 cm³/mol. The summed E-state index contributed by atoms with van der Waals surface area (Å²) in [4.78, 5) is 15.6. The quantitative estimate of drug-likeness (QED) is 0.262. The number of hydrogen-bond donors (Lipinski definition) is 1. The summed E-state index contributed by atoms with van der Waals surface area (Å²) in [6.07, 6.45) is 1.50. The van der Waals surface area contributed by atoms with E-state index in [0.29, 0.717) is 18.9 Å². The molecule has 0 aliphatic carbocycles. The van der Waals surface area contributed by atoms with Gasteiger partial charge in [-0.3, -0.25) is 9.69 Å². The van der Waals surface area contributed by atoms with E-state index in [1.54, 1.807) is 0 Å². The zero-order valence-electron chi connectivity index (χ0n) is 21.0. The van der Waals surface area contributed by atoms with Gasteiger partial charge in [0, 0.05) is 30.5 Å². The van der Waals surface area contributed by atoms with E-state index in [1.807, 2.05) is 48.5 Å². The van der Waals surface area contributed by atoms with Crippen LogP contribution in [0.5, 0.6) is 0 Å². The maximum Gasteiger partial charge on any atom is 0.220 e. The van der Waals surface area contributed by atoms with Crippen LogP contribution in [0.15, 0.2) is 115 Å². The van der Waals surface area contributed by atoms with Crippen molar-refractivity contribution in [3.05, 3.63) is 143 Å². The summed E-state index contributed by atoms with van der Waals surface area (Å²) in [5.74, 6) is 0.569. The molecule has 0 saturated carbocycles. The van der Waals surface area contributed by atoms with Crippen LogP contribution in [0.4, 0.5) is 0 Å². The third-order valence-corrected chi connectivity index (χ3v) is 7.58. The minimum Gasteiger partial charge on any atom is -0.356 e. The van der Waals surface area contributed by atoms with Crippen molar-refractivity contribution in [2.45, 2.75) is 24.8 Å². The van der Waals surface area contributed by atoms with Gasteiger partial charge in [0.1, 0.15) is 0 Å². The Morgan fingerprint density at radius 3 is 1.95 bits per heavy atom. The monoisotopic (exact) mass is 508 g/mol. The van der Waals surface area contributed by atoms with Crippen molar-refractivity contribution in [2.24, 2.45) is 5.92 Å². The Bertz CT molecular complexity index is 1240. The molecule has 4 heteroatoms. The van der Waals surface area contributed by atoms with E-state index < -0.39 is 0 Å². The number of carbonyl (C=O) groups is 1. The molecule has 1 aliphatic heterocycles. The second-order valence-electron chi connectivity index (χ2n) is 9.90. The summed E-state index contributed by atoms with van der Waals surface area (Å²) in [6.45, 7) is 2.62. The molecule has 1 heterocycles. The minimum atomic E-state index is 0.0489. The van der Waals surface area contributed by atoms with Crippen LogP contribution in [0, 0.1) is 5.92 Å². The Labute approximate surface area is 225 Å². The summed E-state index contributed by atoms with van der Waals surface area (Å²) in [6, 6.07) is 39.6. The summed E-state index contributed by atoms with van der Waals surface area (Å²) >= 11 is 6.36. The van der Waals surface area contributed by atoms with Crippen molar-refractivity contribution in [3.8, 4) is 0 Å². The highest BCUT2D eigenvalue weighted by Gasteiger charge is 2.30. The van der Waals surface area contributed by atoms with Crippen LogP contribution in [0.25, 0.3) is 0 Å². The molecular formula is C33H33ClN2O. The first kappa shape index (κ1) is 25.3. The number of nitrogens with zero attached hydrogens (tertiary/aromatic N) is 1. The normalized spacial score (nSPS) is 16.5. The van der Waals surface area contributed by atoms with Crippen LogP contribution in [0.1, 0.15) is 47.1 Å². The van der Waals surface area contributed by atoms with Gasteiger partial charge in [0.15, 0.2) is 0 Å². The molecule has 188 valence electrons. The lowest BCUT2D eigenvalue weighted by molar-refractivity contribution is -0.121. The highest BCUT2D eigenvalue weighted by atomic mass is 35.5. The molecule has 2 atom stereocenters. The number of carbonyl (C=O) groups excluding carboxylic acids is 1. The van der Waals surface area contributed by atoms with Crippen LogP contribution in [0.3, 0.4) is 0 Å². The summed E-state index contributed by atoms with van der Waals surface area (Å²) in [5.41, 5.74) is 4.81. The number of rotatable bonds is 9. The molecule has 1 N–H and O–H groups in total. The first-order valence-corrected chi connectivity index (χ1v) is 13.5. The van der Waals surface area contributed by atoms with Crippen LogP contribution in [0.2, 0.25) is 5.02 Å². The topological polar surface area (TPSA) is 32.3 Å². The standard InChI is InChI=1S/C33H33ClN2O/c34-30-18-10-17-29(21-30)33(28-15-8-3-9-16-28)36-20-19-25(24-36)23-35-32(37)22-31(26-11-4-1-5-12-26)27-13-6-2-7-14-27/h1-18,21,25,31,33H,19-20,22-24H2,(H,35,37). The molecule has 0 aromatic heterocycles. The van der Waals surface area contributed by atoms with E-state index >= 15 is 0 Å². The van der Waals surface area contributed by atoms with Crippen LogP contribution in [-0.4, -0.2) is 30.4 Å². The highest BCUT2D eigenvalue weighted by molar-refractivity contribution is 6.30. The van der Waals surface area contributed by atoms with Gasteiger partial charge in [0.2, 0.25) is 5.91 Å². The van der Waals surface area contributed by atoms with E-state index in [0.717, 1.165) is 24.5 Å². The SMILES string of the molecule is O=C(CC(c1ccccc1)c1ccccc1)NCC1CCN(C(c2ccccc2)c2cccc(Cl)c2)C1. The Morgan fingerprint density at radius 2 is 1.35 bits per heavy atom. The van der Waals surface area contributed by atoms with E-state index in [4.69, 9.17) is 11.6 Å². The van der Waals surface area contributed by atoms with Crippen LogP contribution in [-0.2, 0) is 4.79 Å². The lowest BCUT2D eigenvalue weighted by Crippen LogP contribution is -2.33. The largest absolute Gasteiger partial charge is 0.356 e. The van der Waals surface area contributed by atoms with Gasteiger partial charge in [0.05, 0.1) is 6.04 Å². The van der Waals surface area contributed by atoms with Crippen molar-refractivity contribution >= 4 is 17.5 Å². The molecule has 0 bridgehead atoms. The zero-order chi connectivity index (χ0) is 25.5. The van der Waals surface area contributed by atoms with Crippen molar-refractivity contribution in [2.75, 3.05) is 19.6 Å². The average Bonchev–Trinajstić information content (AvgIpc) is 3.41. The molecule has 1 fully saturated rings. The van der Waals surface area contributed by atoms with Gasteiger partial charge in [-0.15, -0.1) is 0 Å². The minimum absolute atomic E-state index is 0.0489. The molecule has 3 nitrogen and oxygen atoms in total. The highest BCUT2D eigenvalue weighted by Crippen LogP contribution is 2.34. The second kappa shape index (κ2) is 12.2. The molecule has 2 unspecified atom stereocenters. The maximum absolute atomic E-state index is 13.1. The van der Waals surface area contributed by atoms with Gasteiger partial charge in [-0.2, -0.15) is 0 Å². The summed E-state index contributed by atoms with van der Waals surface area (Å²) in [7, 11) is 0. The van der Waals surface area contributed by atoms with E-state index in [1.165, 1.54) is 22.3 Å². The molecule has 4 aromatic rings. The first-order valence-electron chi connectivity index (χ1n) is 13.1. The zero-order valence-corrected chi connectivity index (χ0v) is 21.7. The fraction of sp³-hybridized carbons (Fsp3) is 0.242. The maximum atomic E-state index is 13.1. The van der Waals surface area contributed by atoms with E-state index in [-0.39, 0.29) is 17.9 Å². The predicted octanol–water partition coefficient (Wildman–Crippen LogP) is 7.09. The van der Waals surface area contributed by atoms with Crippen LogP contribution >= 0.6 is 11.6 Å². The molecule has 1 aliphatic rings. The van der Waals surface area contributed by atoms with Crippen molar-refractivity contribution in [1.82, 2.24) is 10.2 Å². The number of halogens is 1. The molecular weight excluding hydrogens is 476 g/mol. The van der Waals surface area contributed by atoms with E-state index in [2.05, 4.69) is 76.9 Å². The number of nitrogens with one attached hydrogen (secondary N) is 1. The lowest BCUT2D eigenvalue weighted by atomic mass is 9.88. The van der Waals surface area contributed by atoms with Gasteiger partial charge in [-0.1, -0.05) is 115 Å². The number of amides is 1. The average molecular weight is 509 g/mol. The Balaban J connectivity index is 1.23. The third-order valence-electron chi connectivity index (χ3n) is 7.34. The van der Waals surface area contributed by atoms with Gasteiger partial charge in [0.25, 0.3) is 0 Å². The Kier molecular flexibility index (Phi) is 8.35. The van der Waals surface area contributed by atoms with Crippen molar-refractivity contribution in [3.63, 3.8) is 0 Å². The lowest BCUT2D eigenvalue weighted by Gasteiger charge is -2.29. The molecule has 1 saturated heterocycles. The molecule has 0 spiro atoms. The molecule has 4 aromatic carbocycles. The molecule has 1 amide bonds.